The zero-order valence-corrected chi connectivity index (χ0v) is 20.5. The molecule has 0 spiro atoms. The van der Waals surface area contributed by atoms with Gasteiger partial charge in [0.1, 0.15) is 16.9 Å². The number of aromatic hydroxyl groups is 1. The van der Waals surface area contributed by atoms with Crippen molar-refractivity contribution in [1.29, 1.82) is 5.41 Å². The van der Waals surface area contributed by atoms with Crippen molar-refractivity contribution in [3.05, 3.63) is 26.4 Å². The van der Waals surface area contributed by atoms with Crippen molar-refractivity contribution in [3.8, 4) is 5.88 Å². The number of amidine groups is 1. The van der Waals surface area contributed by atoms with Crippen LogP contribution in [-0.2, 0) is 11.3 Å². The molecule has 11 nitrogen and oxygen atoms in total. The Morgan fingerprint density at radius 2 is 1.74 bits per heavy atom. The van der Waals surface area contributed by atoms with Crippen LogP contribution < -0.4 is 22.3 Å². The van der Waals surface area contributed by atoms with Crippen LogP contribution in [0.25, 0.3) is 0 Å². The standard InChI is InChI=1S/C24H36N6O5/c1-3-4-11-28-19(31)17(18(25)26)20(32)30(23(28)35)16-9-7-14(8-10-16)12-24(2)21(33)27-22(34)29(24)13-15-5-6-15/h14-16,31H,3-13H2,1-2H3,(H3,25,26)(H,27,33,34)/t14?,16?,24-/m0/s1. The van der Waals surface area contributed by atoms with Crippen molar-refractivity contribution in [2.24, 2.45) is 17.6 Å². The molecular formula is C24H36N6O5. The largest absolute Gasteiger partial charge is 0.494 e. The van der Waals surface area contributed by atoms with Crippen LogP contribution in [0.3, 0.4) is 0 Å². The van der Waals surface area contributed by atoms with Crippen molar-refractivity contribution < 1.29 is 14.7 Å². The minimum absolute atomic E-state index is 0.164. The van der Waals surface area contributed by atoms with Crippen LogP contribution in [0.4, 0.5) is 4.79 Å². The first-order chi connectivity index (χ1) is 16.6. The van der Waals surface area contributed by atoms with Crippen LogP contribution in [0.1, 0.15) is 83.2 Å². The van der Waals surface area contributed by atoms with E-state index in [1.807, 2.05) is 13.8 Å². The van der Waals surface area contributed by atoms with Gasteiger partial charge in [-0.05, 0) is 70.1 Å². The van der Waals surface area contributed by atoms with E-state index in [2.05, 4.69) is 5.32 Å². The van der Waals surface area contributed by atoms with Gasteiger partial charge < -0.3 is 15.7 Å². The zero-order chi connectivity index (χ0) is 25.5. The van der Waals surface area contributed by atoms with E-state index in [1.54, 1.807) is 4.90 Å². The number of nitrogens with one attached hydrogen (secondary N) is 2. The number of carbonyl (C=O) groups excluding carboxylic acids is 2. The molecule has 1 aromatic rings. The number of hydrogen-bond donors (Lipinski definition) is 4. The average Bonchev–Trinajstić information content (AvgIpc) is 3.59. The van der Waals surface area contributed by atoms with Gasteiger partial charge >= 0.3 is 11.7 Å². The van der Waals surface area contributed by atoms with Gasteiger partial charge in [-0.2, -0.15) is 0 Å². The molecule has 1 aliphatic heterocycles. The van der Waals surface area contributed by atoms with E-state index in [1.165, 1.54) is 0 Å². The Morgan fingerprint density at radius 1 is 1.11 bits per heavy atom. The molecule has 0 aromatic carbocycles. The highest BCUT2D eigenvalue weighted by Crippen LogP contribution is 2.40. The topological polar surface area (TPSA) is 164 Å². The minimum Gasteiger partial charge on any atom is -0.494 e. The maximum Gasteiger partial charge on any atom is 0.334 e. The SMILES string of the molecule is CCCCn1c(O)c(C(=N)N)c(=O)n(C2CCC(C[C@@]3(C)C(=O)NC(=O)N3CC3CC3)CC2)c1=O. The fourth-order valence-electron chi connectivity index (χ4n) is 5.60. The molecule has 5 N–H and O–H groups in total. The summed E-state index contributed by atoms with van der Waals surface area (Å²) in [6, 6.07) is -0.703. The number of aromatic nitrogens is 2. The van der Waals surface area contributed by atoms with Gasteiger partial charge in [-0.3, -0.25) is 29.4 Å². The third-order valence-electron chi connectivity index (χ3n) is 7.91. The summed E-state index contributed by atoms with van der Waals surface area (Å²) in [6.07, 6.45) is 6.59. The Labute approximate surface area is 203 Å². The third kappa shape index (κ3) is 4.60. The monoisotopic (exact) mass is 488 g/mol. The molecule has 192 valence electrons. The van der Waals surface area contributed by atoms with Crippen molar-refractivity contribution >= 4 is 17.8 Å². The van der Waals surface area contributed by atoms with Gasteiger partial charge in [0.05, 0.1) is 0 Å². The summed E-state index contributed by atoms with van der Waals surface area (Å²) in [6.45, 7) is 4.61. The summed E-state index contributed by atoms with van der Waals surface area (Å²) in [4.78, 5) is 53.1. The fourth-order valence-corrected chi connectivity index (χ4v) is 5.60. The second-order valence-corrected chi connectivity index (χ2v) is 10.5. The summed E-state index contributed by atoms with van der Waals surface area (Å²) in [5, 5.41) is 20.8. The van der Waals surface area contributed by atoms with E-state index in [0.717, 1.165) is 28.4 Å². The van der Waals surface area contributed by atoms with Gasteiger partial charge in [0.15, 0.2) is 0 Å². The van der Waals surface area contributed by atoms with Crippen molar-refractivity contribution in [2.45, 2.75) is 89.8 Å². The highest BCUT2D eigenvalue weighted by atomic mass is 16.3. The predicted octanol–water partition coefficient (Wildman–Crippen LogP) is 1.64. The van der Waals surface area contributed by atoms with E-state index in [0.29, 0.717) is 51.0 Å². The highest BCUT2D eigenvalue weighted by Gasteiger charge is 2.51. The molecule has 3 fully saturated rings. The molecular weight excluding hydrogens is 452 g/mol. The number of unbranched alkanes of at least 4 members (excludes halogenated alkanes) is 1. The van der Waals surface area contributed by atoms with Crippen LogP contribution in [0.15, 0.2) is 9.59 Å². The Bertz CT molecular complexity index is 1140. The molecule has 1 saturated heterocycles. The van der Waals surface area contributed by atoms with E-state index in [-0.39, 0.29) is 36.0 Å². The molecule has 4 rings (SSSR count). The van der Waals surface area contributed by atoms with Gasteiger partial charge in [0, 0.05) is 19.1 Å². The molecule has 3 amide bonds. The molecule has 1 aromatic heterocycles. The van der Waals surface area contributed by atoms with E-state index in [9.17, 15) is 24.3 Å². The number of rotatable bonds is 9. The van der Waals surface area contributed by atoms with Crippen LogP contribution in [0.5, 0.6) is 5.88 Å². The number of nitrogens with zero attached hydrogens (tertiary/aromatic N) is 3. The third-order valence-corrected chi connectivity index (χ3v) is 7.91. The van der Waals surface area contributed by atoms with Gasteiger partial charge in [0.25, 0.3) is 11.5 Å². The van der Waals surface area contributed by atoms with Crippen molar-refractivity contribution in [1.82, 2.24) is 19.4 Å². The number of imide groups is 1. The van der Waals surface area contributed by atoms with E-state index >= 15 is 0 Å². The van der Waals surface area contributed by atoms with Crippen molar-refractivity contribution in [3.63, 3.8) is 0 Å². The summed E-state index contributed by atoms with van der Waals surface area (Å²) in [7, 11) is 0. The Morgan fingerprint density at radius 3 is 2.31 bits per heavy atom. The van der Waals surface area contributed by atoms with E-state index < -0.39 is 28.5 Å². The molecule has 35 heavy (non-hydrogen) atoms. The first-order valence-electron chi connectivity index (χ1n) is 12.6. The smallest absolute Gasteiger partial charge is 0.334 e. The van der Waals surface area contributed by atoms with Gasteiger partial charge in [-0.1, -0.05) is 13.3 Å². The Kier molecular flexibility index (Phi) is 6.79. The quantitative estimate of drug-likeness (QED) is 0.234. The van der Waals surface area contributed by atoms with Crippen molar-refractivity contribution in [2.75, 3.05) is 6.54 Å². The molecule has 0 unspecified atom stereocenters. The highest BCUT2D eigenvalue weighted by molar-refractivity contribution is 6.06. The lowest BCUT2D eigenvalue weighted by molar-refractivity contribution is -0.127. The summed E-state index contributed by atoms with van der Waals surface area (Å²) >= 11 is 0. The second-order valence-electron chi connectivity index (χ2n) is 10.5. The lowest BCUT2D eigenvalue weighted by Crippen LogP contribution is -2.50. The molecule has 11 heteroatoms. The summed E-state index contributed by atoms with van der Waals surface area (Å²) in [5.41, 5.74) is 3.04. The zero-order valence-electron chi connectivity index (χ0n) is 20.5. The molecule has 0 radical (unpaired) electrons. The Balaban J connectivity index is 1.53. The maximum atomic E-state index is 13.2. The lowest BCUT2D eigenvalue weighted by atomic mass is 9.77. The minimum atomic E-state index is -0.888. The van der Waals surface area contributed by atoms with Crippen LogP contribution in [0.2, 0.25) is 0 Å². The summed E-state index contributed by atoms with van der Waals surface area (Å²) < 4.78 is 2.29. The Hall–Kier alpha value is -3.11. The average molecular weight is 489 g/mol. The molecule has 2 aliphatic carbocycles. The maximum absolute atomic E-state index is 13.2. The van der Waals surface area contributed by atoms with Gasteiger partial charge in [0.2, 0.25) is 5.88 Å². The van der Waals surface area contributed by atoms with Crippen LogP contribution in [-0.4, -0.2) is 49.0 Å². The molecule has 1 atom stereocenters. The van der Waals surface area contributed by atoms with Crippen LogP contribution >= 0.6 is 0 Å². The number of carbonyl (C=O) groups is 2. The fraction of sp³-hybridized carbons (Fsp3) is 0.708. The molecule has 2 heterocycles. The number of nitrogens with two attached hydrogens (primary N) is 1. The van der Waals surface area contributed by atoms with Crippen LogP contribution in [0, 0.1) is 17.2 Å². The first kappa shape index (κ1) is 25.0. The number of amides is 3. The predicted molar refractivity (Wildman–Crippen MR) is 130 cm³/mol. The number of urea groups is 1. The van der Waals surface area contributed by atoms with Gasteiger partial charge in [-0.25, -0.2) is 9.59 Å². The molecule has 0 bridgehead atoms. The molecule has 2 saturated carbocycles. The second kappa shape index (κ2) is 9.50. The normalized spacial score (nSPS) is 26.7. The van der Waals surface area contributed by atoms with E-state index in [4.69, 9.17) is 11.1 Å². The number of nitrogen functional groups attached to an aromatic ring is 1. The number of hydrogen-bond acceptors (Lipinski definition) is 6. The van der Waals surface area contributed by atoms with Gasteiger partial charge in [-0.15, -0.1) is 0 Å². The molecule has 3 aliphatic rings. The first-order valence-corrected chi connectivity index (χ1v) is 12.6. The summed E-state index contributed by atoms with van der Waals surface area (Å²) in [5.74, 6) is -0.748. The lowest BCUT2D eigenvalue weighted by Gasteiger charge is -2.37.